The summed E-state index contributed by atoms with van der Waals surface area (Å²) in [5.74, 6) is -0.533. The third kappa shape index (κ3) is 3.43. The Morgan fingerprint density at radius 3 is 2.50 bits per heavy atom. The maximum Gasteiger partial charge on any atom is 0.255 e. The Bertz CT molecular complexity index is 722. The fourth-order valence-electron chi connectivity index (χ4n) is 1.84. The number of carbonyl (C=O) groups is 1. The third-order valence-electron chi connectivity index (χ3n) is 2.87. The number of nitrogens with one attached hydrogen (secondary N) is 1. The standard InChI is InChI=1S/C15H12Cl2FNO3/c1-21-13-6-8(5-10(17)14(13)22-2)15(20)19-12-7-9(16)3-4-11(12)18/h3-7H,1-2H3,(H,19,20). The second kappa shape index (κ2) is 6.85. The van der Waals surface area contributed by atoms with E-state index in [1.165, 1.54) is 44.6 Å². The number of anilines is 1. The first-order valence-corrected chi connectivity index (χ1v) is 6.89. The molecule has 0 bridgehead atoms. The summed E-state index contributed by atoms with van der Waals surface area (Å²) in [6, 6.07) is 6.72. The molecule has 2 aromatic rings. The van der Waals surface area contributed by atoms with E-state index in [1.807, 2.05) is 0 Å². The Hall–Kier alpha value is -1.98. The number of hydrogen-bond donors (Lipinski definition) is 1. The van der Waals surface area contributed by atoms with E-state index < -0.39 is 11.7 Å². The zero-order valence-electron chi connectivity index (χ0n) is 11.7. The average Bonchev–Trinajstić information content (AvgIpc) is 2.49. The molecule has 4 nitrogen and oxygen atoms in total. The van der Waals surface area contributed by atoms with E-state index in [4.69, 9.17) is 32.7 Å². The molecule has 0 atom stereocenters. The minimum Gasteiger partial charge on any atom is -0.493 e. The van der Waals surface area contributed by atoms with Gasteiger partial charge in [-0.25, -0.2) is 4.39 Å². The Morgan fingerprint density at radius 1 is 1.14 bits per heavy atom. The highest BCUT2D eigenvalue weighted by Gasteiger charge is 2.16. The maximum atomic E-state index is 13.6. The van der Waals surface area contributed by atoms with Gasteiger partial charge in [-0.05, 0) is 30.3 Å². The lowest BCUT2D eigenvalue weighted by atomic mass is 10.1. The maximum absolute atomic E-state index is 13.6. The van der Waals surface area contributed by atoms with E-state index in [9.17, 15) is 9.18 Å². The molecule has 22 heavy (non-hydrogen) atoms. The fourth-order valence-corrected chi connectivity index (χ4v) is 2.30. The van der Waals surface area contributed by atoms with E-state index in [1.54, 1.807) is 0 Å². The molecule has 0 spiro atoms. The molecular weight excluding hydrogens is 332 g/mol. The van der Waals surface area contributed by atoms with Crippen molar-refractivity contribution >= 4 is 34.8 Å². The molecule has 0 aliphatic carbocycles. The molecule has 0 aromatic heterocycles. The molecular formula is C15H12Cl2FNO3. The summed E-state index contributed by atoms with van der Waals surface area (Å²) in [7, 11) is 2.86. The zero-order valence-corrected chi connectivity index (χ0v) is 13.3. The third-order valence-corrected chi connectivity index (χ3v) is 3.39. The second-order valence-corrected chi connectivity index (χ2v) is 5.12. The summed E-state index contributed by atoms with van der Waals surface area (Å²) >= 11 is 11.8. The van der Waals surface area contributed by atoms with Crippen LogP contribution in [0, 0.1) is 5.82 Å². The highest BCUT2D eigenvalue weighted by molar-refractivity contribution is 6.33. The second-order valence-electron chi connectivity index (χ2n) is 4.27. The predicted molar refractivity (Wildman–Crippen MR) is 83.9 cm³/mol. The molecule has 116 valence electrons. The van der Waals surface area contributed by atoms with Gasteiger partial charge in [-0.15, -0.1) is 0 Å². The number of amides is 1. The van der Waals surface area contributed by atoms with Crippen LogP contribution in [-0.2, 0) is 0 Å². The summed E-state index contributed by atoms with van der Waals surface area (Å²) in [6.45, 7) is 0. The first kappa shape index (κ1) is 16.4. The van der Waals surface area contributed by atoms with Gasteiger partial charge in [0, 0.05) is 10.6 Å². The summed E-state index contributed by atoms with van der Waals surface area (Å²) in [4.78, 5) is 12.2. The van der Waals surface area contributed by atoms with Gasteiger partial charge in [0.25, 0.3) is 5.91 Å². The largest absolute Gasteiger partial charge is 0.493 e. The first-order chi connectivity index (χ1) is 10.5. The normalized spacial score (nSPS) is 10.2. The van der Waals surface area contributed by atoms with Crippen molar-refractivity contribution in [2.75, 3.05) is 19.5 Å². The van der Waals surface area contributed by atoms with Crippen molar-refractivity contribution in [3.63, 3.8) is 0 Å². The number of benzene rings is 2. The zero-order chi connectivity index (χ0) is 16.3. The lowest BCUT2D eigenvalue weighted by Crippen LogP contribution is -2.13. The summed E-state index contributed by atoms with van der Waals surface area (Å²) in [5, 5.41) is 2.94. The SMILES string of the molecule is COc1cc(C(=O)Nc2cc(Cl)ccc2F)cc(Cl)c1OC. The summed E-state index contributed by atoms with van der Waals surface area (Å²) in [6.07, 6.45) is 0. The van der Waals surface area contributed by atoms with Gasteiger partial charge in [0.15, 0.2) is 11.5 Å². The molecule has 7 heteroatoms. The van der Waals surface area contributed by atoms with Crippen molar-refractivity contribution in [3.05, 3.63) is 51.8 Å². The van der Waals surface area contributed by atoms with Crippen LogP contribution in [0.4, 0.5) is 10.1 Å². The number of hydrogen-bond acceptors (Lipinski definition) is 3. The predicted octanol–water partition coefficient (Wildman–Crippen LogP) is 4.40. The van der Waals surface area contributed by atoms with Crippen LogP contribution < -0.4 is 14.8 Å². The van der Waals surface area contributed by atoms with Gasteiger partial charge in [-0.2, -0.15) is 0 Å². The van der Waals surface area contributed by atoms with Crippen molar-refractivity contribution in [1.29, 1.82) is 0 Å². The molecule has 0 radical (unpaired) electrons. The van der Waals surface area contributed by atoms with Crippen molar-refractivity contribution in [2.45, 2.75) is 0 Å². The molecule has 0 aliphatic rings. The lowest BCUT2D eigenvalue weighted by Gasteiger charge is -2.12. The molecule has 2 aromatic carbocycles. The topological polar surface area (TPSA) is 47.6 Å². The van der Waals surface area contributed by atoms with Crippen LogP contribution >= 0.6 is 23.2 Å². The number of carbonyl (C=O) groups excluding carboxylic acids is 1. The average molecular weight is 344 g/mol. The van der Waals surface area contributed by atoms with Crippen molar-refractivity contribution in [2.24, 2.45) is 0 Å². The van der Waals surface area contributed by atoms with Gasteiger partial charge < -0.3 is 14.8 Å². The molecule has 0 aliphatic heterocycles. The van der Waals surface area contributed by atoms with Crippen LogP contribution in [-0.4, -0.2) is 20.1 Å². The van der Waals surface area contributed by atoms with Gasteiger partial charge in [0.2, 0.25) is 0 Å². The van der Waals surface area contributed by atoms with E-state index in [0.29, 0.717) is 16.5 Å². The number of halogens is 3. The monoisotopic (exact) mass is 343 g/mol. The lowest BCUT2D eigenvalue weighted by molar-refractivity contribution is 0.102. The van der Waals surface area contributed by atoms with Crippen molar-refractivity contribution < 1.29 is 18.7 Å². The van der Waals surface area contributed by atoms with E-state index in [-0.39, 0.29) is 16.3 Å². The molecule has 0 unspecified atom stereocenters. The van der Waals surface area contributed by atoms with Gasteiger partial charge >= 0.3 is 0 Å². The summed E-state index contributed by atoms with van der Waals surface area (Å²) in [5.41, 5.74) is 0.172. The van der Waals surface area contributed by atoms with Gasteiger partial charge in [0.1, 0.15) is 5.82 Å². The van der Waals surface area contributed by atoms with E-state index in [0.717, 1.165) is 0 Å². The molecule has 0 fully saturated rings. The van der Waals surface area contributed by atoms with Crippen LogP contribution in [0.2, 0.25) is 10.0 Å². The minimum atomic E-state index is -0.593. The van der Waals surface area contributed by atoms with Crippen molar-refractivity contribution in [1.82, 2.24) is 0 Å². The highest BCUT2D eigenvalue weighted by Crippen LogP contribution is 2.36. The van der Waals surface area contributed by atoms with Crippen LogP contribution in [0.3, 0.4) is 0 Å². The van der Waals surface area contributed by atoms with E-state index in [2.05, 4.69) is 5.32 Å². The first-order valence-electron chi connectivity index (χ1n) is 6.14. The smallest absolute Gasteiger partial charge is 0.255 e. The van der Waals surface area contributed by atoms with Crippen molar-refractivity contribution in [3.8, 4) is 11.5 Å². The minimum absolute atomic E-state index is 0.0246. The van der Waals surface area contributed by atoms with E-state index >= 15 is 0 Å². The molecule has 1 amide bonds. The Labute approximate surface area is 136 Å². The quantitative estimate of drug-likeness (QED) is 0.894. The number of methoxy groups -OCH3 is 2. The van der Waals surface area contributed by atoms with Crippen LogP contribution in [0.25, 0.3) is 0 Å². The molecule has 0 saturated heterocycles. The summed E-state index contributed by atoms with van der Waals surface area (Å²) < 4.78 is 23.9. The van der Waals surface area contributed by atoms with Gasteiger partial charge in [0.05, 0.1) is 24.9 Å². The molecule has 0 saturated carbocycles. The Morgan fingerprint density at radius 2 is 1.86 bits per heavy atom. The Kier molecular flexibility index (Phi) is 5.11. The number of ether oxygens (including phenoxy) is 2. The van der Waals surface area contributed by atoms with Gasteiger partial charge in [-0.3, -0.25) is 4.79 Å². The van der Waals surface area contributed by atoms with Crippen LogP contribution in [0.1, 0.15) is 10.4 Å². The molecule has 0 heterocycles. The van der Waals surface area contributed by atoms with Gasteiger partial charge in [-0.1, -0.05) is 23.2 Å². The number of rotatable bonds is 4. The molecule has 2 rings (SSSR count). The highest BCUT2D eigenvalue weighted by atomic mass is 35.5. The van der Waals surface area contributed by atoms with Crippen LogP contribution in [0.5, 0.6) is 11.5 Å². The van der Waals surface area contributed by atoms with Crippen LogP contribution in [0.15, 0.2) is 30.3 Å². The molecule has 1 N–H and O–H groups in total. The Balaban J connectivity index is 2.34. The fraction of sp³-hybridized carbons (Fsp3) is 0.133.